The first kappa shape index (κ1) is 23.2. The Labute approximate surface area is 181 Å². The highest BCUT2D eigenvalue weighted by molar-refractivity contribution is 5.81. The summed E-state index contributed by atoms with van der Waals surface area (Å²) in [6.45, 7) is -0.527. The van der Waals surface area contributed by atoms with Crippen molar-refractivity contribution in [1.82, 2.24) is 14.5 Å². The number of halogens is 4. The molecule has 0 aliphatic carbocycles. The highest BCUT2D eigenvalue weighted by Crippen LogP contribution is 2.31. The molecular formula is C22H21F4N3O3. The molecule has 0 atom stereocenters. The lowest BCUT2D eigenvalue weighted by Gasteiger charge is -2.21. The van der Waals surface area contributed by atoms with E-state index in [1.54, 1.807) is 24.3 Å². The van der Waals surface area contributed by atoms with Crippen molar-refractivity contribution in [2.75, 3.05) is 13.1 Å². The van der Waals surface area contributed by atoms with Gasteiger partial charge in [-0.1, -0.05) is 24.3 Å². The fraction of sp³-hybridized carbons (Fsp3) is 0.318. The van der Waals surface area contributed by atoms with Crippen molar-refractivity contribution < 1.29 is 32.3 Å². The molecule has 0 radical (unpaired) electrons. The number of amides is 1. The van der Waals surface area contributed by atoms with Gasteiger partial charge in [0, 0.05) is 19.5 Å². The van der Waals surface area contributed by atoms with Crippen molar-refractivity contribution >= 4 is 22.9 Å². The molecule has 0 aliphatic heterocycles. The summed E-state index contributed by atoms with van der Waals surface area (Å²) in [5.74, 6) is -3.12. The van der Waals surface area contributed by atoms with Crippen LogP contribution in [0.4, 0.5) is 17.6 Å². The van der Waals surface area contributed by atoms with E-state index >= 15 is 0 Å². The summed E-state index contributed by atoms with van der Waals surface area (Å²) in [5.41, 5.74) is 1.25. The number of fused-ring (bicyclic) bond motifs is 1. The number of rotatable bonds is 9. The molecule has 0 bridgehead atoms. The Balaban J connectivity index is 1.66. The van der Waals surface area contributed by atoms with Gasteiger partial charge >= 0.3 is 12.1 Å². The standard InChI is InChI=1S/C22H21F4N3O3/c23-16-9-7-15(8-10-16)11-13-28(14-20(31)32)19(30)6-3-12-29-18-5-2-1-4-17(18)27-21(29)22(24,25)26/h1-2,4-5,7-10H,3,6,11-14H2,(H,31,32). The van der Waals surface area contributed by atoms with Crippen molar-refractivity contribution in [1.29, 1.82) is 0 Å². The SMILES string of the molecule is O=C(O)CN(CCc1ccc(F)cc1)C(=O)CCCn1c(C(F)(F)F)nc2ccccc21. The number of benzene rings is 2. The maximum atomic E-state index is 13.4. The molecule has 3 rings (SSSR count). The summed E-state index contributed by atoms with van der Waals surface area (Å²) in [4.78, 5) is 28.5. The monoisotopic (exact) mass is 451 g/mol. The van der Waals surface area contributed by atoms with Crippen molar-refractivity contribution in [3.63, 3.8) is 0 Å². The van der Waals surface area contributed by atoms with Gasteiger partial charge in [-0.2, -0.15) is 13.2 Å². The van der Waals surface area contributed by atoms with Gasteiger partial charge in [0.15, 0.2) is 0 Å². The quantitative estimate of drug-likeness (QED) is 0.497. The lowest BCUT2D eigenvalue weighted by molar-refractivity contribution is -0.147. The van der Waals surface area contributed by atoms with Crippen LogP contribution in [0.2, 0.25) is 0 Å². The van der Waals surface area contributed by atoms with E-state index in [4.69, 9.17) is 5.11 Å². The van der Waals surface area contributed by atoms with Gasteiger partial charge in [0.05, 0.1) is 11.0 Å². The van der Waals surface area contributed by atoms with E-state index in [2.05, 4.69) is 4.98 Å². The number of aliphatic carboxylic acids is 1. The first-order valence-electron chi connectivity index (χ1n) is 9.91. The number of nitrogens with zero attached hydrogens (tertiary/aromatic N) is 3. The van der Waals surface area contributed by atoms with Gasteiger partial charge in [-0.15, -0.1) is 0 Å². The molecule has 0 saturated heterocycles. The number of carboxylic acids is 1. The molecule has 0 saturated carbocycles. The second kappa shape index (κ2) is 9.80. The molecule has 1 aromatic heterocycles. The van der Waals surface area contributed by atoms with Crippen LogP contribution in [0.25, 0.3) is 11.0 Å². The molecule has 1 amide bonds. The number of imidazole rings is 1. The minimum atomic E-state index is -4.65. The molecule has 0 spiro atoms. The normalized spacial score (nSPS) is 11.6. The topological polar surface area (TPSA) is 75.4 Å². The molecule has 0 fully saturated rings. The lowest BCUT2D eigenvalue weighted by atomic mass is 10.1. The number of hydrogen-bond donors (Lipinski definition) is 1. The summed E-state index contributed by atoms with van der Waals surface area (Å²) in [6, 6.07) is 11.8. The summed E-state index contributed by atoms with van der Waals surface area (Å²) in [5, 5.41) is 9.11. The maximum Gasteiger partial charge on any atom is 0.449 e. The summed E-state index contributed by atoms with van der Waals surface area (Å²) < 4.78 is 54.2. The number of carbonyl (C=O) groups is 2. The Hall–Kier alpha value is -3.43. The van der Waals surface area contributed by atoms with E-state index in [0.29, 0.717) is 11.9 Å². The smallest absolute Gasteiger partial charge is 0.449 e. The van der Waals surface area contributed by atoms with Crippen LogP contribution in [0.3, 0.4) is 0 Å². The van der Waals surface area contributed by atoms with E-state index < -0.39 is 36.2 Å². The number of carboxylic acid groups (broad SMARTS) is 1. The van der Waals surface area contributed by atoms with Crippen molar-refractivity contribution in [2.24, 2.45) is 0 Å². The molecule has 1 heterocycles. The number of aryl methyl sites for hydroxylation is 1. The zero-order valence-electron chi connectivity index (χ0n) is 17.0. The number of hydrogen-bond acceptors (Lipinski definition) is 3. The number of alkyl halides is 3. The van der Waals surface area contributed by atoms with Crippen LogP contribution in [0.15, 0.2) is 48.5 Å². The van der Waals surface area contributed by atoms with E-state index in [1.165, 1.54) is 24.3 Å². The highest BCUT2D eigenvalue weighted by atomic mass is 19.4. The molecule has 10 heteroatoms. The van der Waals surface area contributed by atoms with Crippen LogP contribution in [0.1, 0.15) is 24.2 Å². The van der Waals surface area contributed by atoms with Crippen molar-refractivity contribution in [3.8, 4) is 0 Å². The van der Waals surface area contributed by atoms with Gasteiger partial charge < -0.3 is 14.6 Å². The Morgan fingerprint density at radius 1 is 1.06 bits per heavy atom. The minimum Gasteiger partial charge on any atom is -0.480 e. The van der Waals surface area contributed by atoms with E-state index in [9.17, 15) is 27.2 Å². The Morgan fingerprint density at radius 2 is 1.75 bits per heavy atom. The summed E-state index contributed by atoms with van der Waals surface area (Å²) >= 11 is 0. The molecule has 170 valence electrons. The predicted molar refractivity (Wildman–Crippen MR) is 108 cm³/mol. The average molecular weight is 451 g/mol. The molecule has 32 heavy (non-hydrogen) atoms. The van der Waals surface area contributed by atoms with Crippen LogP contribution in [0, 0.1) is 5.82 Å². The van der Waals surface area contributed by atoms with Gasteiger partial charge in [0.2, 0.25) is 11.7 Å². The summed E-state index contributed by atoms with van der Waals surface area (Å²) in [6.07, 6.45) is -4.37. The van der Waals surface area contributed by atoms with E-state index in [1.807, 2.05) is 0 Å². The van der Waals surface area contributed by atoms with Crippen LogP contribution < -0.4 is 0 Å². The first-order valence-corrected chi connectivity index (χ1v) is 9.91. The molecule has 6 nitrogen and oxygen atoms in total. The third-order valence-corrected chi connectivity index (χ3v) is 4.94. The molecular weight excluding hydrogens is 430 g/mol. The maximum absolute atomic E-state index is 13.4. The van der Waals surface area contributed by atoms with Gasteiger partial charge in [-0.3, -0.25) is 9.59 Å². The second-order valence-corrected chi connectivity index (χ2v) is 7.26. The third kappa shape index (κ3) is 5.83. The van der Waals surface area contributed by atoms with Gasteiger partial charge in [-0.05, 0) is 42.7 Å². The Kier molecular flexibility index (Phi) is 7.12. The van der Waals surface area contributed by atoms with Crippen LogP contribution in [-0.2, 0) is 28.7 Å². The number of carbonyl (C=O) groups excluding carboxylic acids is 1. The van der Waals surface area contributed by atoms with Crippen LogP contribution in [-0.4, -0.2) is 44.5 Å². The van der Waals surface area contributed by atoms with E-state index in [-0.39, 0.29) is 31.4 Å². The largest absolute Gasteiger partial charge is 0.480 e. The zero-order valence-corrected chi connectivity index (χ0v) is 17.0. The molecule has 2 aromatic carbocycles. The highest BCUT2D eigenvalue weighted by Gasteiger charge is 2.37. The third-order valence-electron chi connectivity index (χ3n) is 4.94. The van der Waals surface area contributed by atoms with Crippen LogP contribution in [0.5, 0.6) is 0 Å². The second-order valence-electron chi connectivity index (χ2n) is 7.26. The van der Waals surface area contributed by atoms with Gasteiger partial charge in [0.25, 0.3) is 0 Å². The van der Waals surface area contributed by atoms with Crippen LogP contribution >= 0.6 is 0 Å². The lowest BCUT2D eigenvalue weighted by Crippen LogP contribution is -2.37. The number of aromatic nitrogens is 2. The Bertz CT molecular complexity index is 1090. The summed E-state index contributed by atoms with van der Waals surface area (Å²) in [7, 11) is 0. The fourth-order valence-corrected chi connectivity index (χ4v) is 3.44. The van der Waals surface area contributed by atoms with Crippen molar-refractivity contribution in [2.45, 2.75) is 32.0 Å². The molecule has 3 aromatic rings. The molecule has 0 aliphatic rings. The van der Waals surface area contributed by atoms with E-state index in [0.717, 1.165) is 15.0 Å². The Morgan fingerprint density at radius 3 is 2.41 bits per heavy atom. The van der Waals surface area contributed by atoms with Gasteiger partial charge in [-0.25, -0.2) is 9.37 Å². The first-order chi connectivity index (χ1) is 15.1. The molecule has 0 unspecified atom stereocenters. The van der Waals surface area contributed by atoms with Gasteiger partial charge in [0.1, 0.15) is 12.4 Å². The predicted octanol–water partition coefficient (Wildman–Crippen LogP) is 4.13. The zero-order chi connectivity index (χ0) is 23.3. The minimum absolute atomic E-state index is 0.0783. The average Bonchev–Trinajstić information content (AvgIpc) is 3.11. The number of para-hydroxylation sites is 2. The molecule has 1 N–H and O–H groups in total. The van der Waals surface area contributed by atoms with Crippen molar-refractivity contribution in [3.05, 3.63) is 65.7 Å². The fourth-order valence-electron chi connectivity index (χ4n) is 3.44.